The molecule has 1 aliphatic carbocycles. The average molecular weight is 260 g/mol. The van der Waals surface area contributed by atoms with E-state index < -0.39 is 0 Å². The van der Waals surface area contributed by atoms with Gasteiger partial charge < -0.3 is 10.6 Å². The standard InChI is InChI=1S/C16H24N2O/c1-3-17-14-8-9-15(12(2)11-14)16(19)18-10-4-5-13-6-7-13/h8-9,11,13,17H,3-7,10H2,1-2H3,(H,18,19). The maximum atomic E-state index is 12.1. The molecule has 2 rings (SSSR count). The first-order chi connectivity index (χ1) is 9.20. The molecule has 19 heavy (non-hydrogen) atoms. The van der Waals surface area contributed by atoms with Gasteiger partial charge in [-0.15, -0.1) is 0 Å². The molecular formula is C16H24N2O. The lowest BCUT2D eigenvalue weighted by Gasteiger charge is -2.10. The molecule has 3 nitrogen and oxygen atoms in total. The highest BCUT2D eigenvalue weighted by molar-refractivity contribution is 5.96. The quantitative estimate of drug-likeness (QED) is 0.738. The van der Waals surface area contributed by atoms with E-state index in [0.717, 1.165) is 42.2 Å². The lowest BCUT2D eigenvalue weighted by atomic mass is 10.1. The number of anilines is 1. The second-order valence-electron chi connectivity index (χ2n) is 5.40. The van der Waals surface area contributed by atoms with Crippen LogP contribution in [0.15, 0.2) is 18.2 Å². The summed E-state index contributed by atoms with van der Waals surface area (Å²) in [4.78, 5) is 12.1. The molecule has 104 valence electrons. The minimum Gasteiger partial charge on any atom is -0.385 e. The fourth-order valence-corrected chi connectivity index (χ4v) is 2.33. The maximum Gasteiger partial charge on any atom is 0.251 e. The number of hydrogen-bond acceptors (Lipinski definition) is 2. The molecule has 0 atom stereocenters. The monoisotopic (exact) mass is 260 g/mol. The molecule has 0 unspecified atom stereocenters. The summed E-state index contributed by atoms with van der Waals surface area (Å²) in [5.41, 5.74) is 2.89. The number of aryl methyl sites for hydroxylation is 1. The van der Waals surface area contributed by atoms with E-state index in [1.165, 1.54) is 19.3 Å². The smallest absolute Gasteiger partial charge is 0.251 e. The molecule has 1 aliphatic rings. The Morgan fingerprint density at radius 1 is 1.37 bits per heavy atom. The van der Waals surface area contributed by atoms with Crippen molar-refractivity contribution in [2.45, 2.75) is 39.5 Å². The third kappa shape index (κ3) is 4.27. The Morgan fingerprint density at radius 2 is 2.16 bits per heavy atom. The predicted octanol–water partition coefficient (Wildman–Crippen LogP) is 3.35. The highest BCUT2D eigenvalue weighted by Gasteiger charge is 2.20. The molecule has 2 N–H and O–H groups in total. The lowest BCUT2D eigenvalue weighted by molar-refractivity contribution is 0.0952. The molecule has 1 aromatic rings. The van der Waals surface area contributed by atoms with Gasteiger partial charge in [-0.25, -0.2) is 0 Å². The van der Waals surface area contributed by atoms with Crippen LogP contribution in [0.5, 0.6) is 0 Å². The molecular weight excluding hydrogens is 236 g/mol. The second kappa shape index (κ2) is 6.60. The van der Waals surface area contributed by atoms with E-state index in [2.05, 4.69) is 17.6 Å². The van der Waals surface area contributed by atoms with Gasteiger partial charge in [0.15, 0.2) is 0 Å². The van der Waals surface area contributed by atoms with Crippen molar-refractivity contribution >= 4 is 11.6 Å². The Bertz CT molecular complexity index is 438. The van der Waals surface area contributed by atoms with Crippen molar-refractivity contribution in [3.05, 3.63) is 29.3 Å². The summed E-state index contributed by atoms with van der Waals surface area (Å²) in [6, 6.07) is 5.90. The molecule has 1 aromatic carbocycles. The summed E-state index contributed by atoms with van der Waals surface area (Å²) >= 11 is 0. The third-order valence-electron chi connectivity index (χ3n) is 3.62. The topological polar surface area (TPSA) is 41.1 Å². The van der Waals surface area contributed by atoms with Gasteiger partial charge >= 0.3 is 0 Å². The van der Waals surface area contributed by atoms with E-state index in [0.29, 0.717) is 0 Å². The van der Waals surface area contributed by atoms with Gasteiger partial charge in [-0.3, -0.25) is 4.79 Å². The van der Waals surface area contributed by atoms with Crippen molar-refractivity contribution in [1.29, 1.82) is 0 Å². The molecule has 0 radical (unpaired) electrons. The van der Waals surface area contributed by atoms with Crippen LogP contribution >= 0.6 is 0 Å². The van der Waals surface area contributed by atoms with Gasteiger partial charge in [0.2, 0.25) is 0 Å². The van der Waals surface area contributed by atoms with E-state index in [-0.39, 0.29) is 5.91 Å². The first-order valence-electron chi connectivity index (χ1n) is 7.33. The highest BCUT2D eigenvalue weighted by Crippen LogP contribution is 2.33. The molecule has 3 heteroatoms. The van der Waals surface area contributed by atoms with Crippen LogP contribution in [0.2, 0.25) is 0 Å². The van der Waals surface area contributed by atoms with E-state index in [4.69, 9.17) is 0 Å². The van der Waals surface area contributed by atoms with Crippen LogP contribution in [0.1, 0.15) is 48.5 Å². The zero-order valence-corrected chi connectivity index (χ0v) is 12.0. The van der Waals surface area contributed by atoms with Gasteiger partial charge in [0.25, 0.3) is 5.91 Å². The average Bonchev–Trinajstić information content (AvgIpc) is 3.19. The summed E-state index contributed by atoms with van der Waals surface area (Å²) in [5.74, 6) is 0.995. The van der Waals surface area contributed by atoms with E-state index in [1.807, 2.05) is 25.1 Å². The molecule has 0 heterocycles. The van der Waals surface area contributed by atoms with Crippen LogP contribution < -0.4 is 10.6 Å². The van der Waals surface area contributed by atoms with Crippen molar-refractivity contribution in [3.8, 4) is 0 Å². The molecule has 0 bridgehead atoms. The Labute approximate surface area is 115 Å². The summed E-state index contributed by atoms with van der Waals surface area (Å²) in [7, 11) is 0. The van der Waals surface area contributed by atoms with Gasteiger partial charge in [0.1, 0.15) is 0 Å². The summed E-state index contributed by atoms with van der Waals surface area (Å²) in [6.45, 7) is 5.74. The Hall–Kier alpha value is -1.51. The highest BCUT2D eigenvalue weighted by atomic mass is 16.1. The van der Waals surface area contributed by atoms with Gasteiger partial charge in [-0.2, -0.15) is 0 Å². The molecule has 1 amide bonds. The molecule has 0 aromatic heterocycles. The molecule has 1 fully saturated rings. The van der Waals surface area contributed by atoms with Gasteiger partial charge in [0.05, 0.1) is 0 Å². The van der Waals surface area contributed by atoms with Crippen LogP contribution in [-0.4, -0.2) is 19.0 Å². The van der Waals surface area contributed by atoms with Crippen LogP contribution in [-0.2, 0) is 0 Å². The number of nitrogens with one attached hydrogen (secondary N) is 2. The van der Waals surface area contributed by atoms with Gasteiger partial charge in [0, 0.05) is 24.3 Å². The molecule has 0 aliphatic heterocycles. The maximum absolute atomic E-state index is 12.1. The SMILES string of the molecule is CCNc1ccc(C(=O)NCCCC2CC2)c(C)c1. The lowest BCUT2D eigenvalue weighted by Crippen LogP contribution is -2.25. The number of rotatable bonds is 7. The van der Waals surface area contributed by atoms with Crippen LogP contribution in [0.3, 0.4) is 0 Å². The number of benzene rings is 1. The second-order valence-corrected chi connectivity index (χ2v) is 5.40. The van der Waals surface area contributed by atoms with Crippen molar-refractivity contribution < 1.29 is 4.79 Å². The molecule has 0 spiro atoms. The first-order valence-corrected chi connectivity index (χ1v) is 7.33. The Balaban J connectivity index is 1.83. The van der Waals surface area contributed by atoms with Crippen molar-refractivity contribution in [2.75, 3.05) is 18.4 Å². The zero-order valence-electron chi connectivity index (χ0n) is 12.0. The summed E-state index contributed by atoms with van der Waals surface area (Å²) < 4.78 is 0. The van der Waals surface area contributed by atoms with Crippen LogP contribution in [0.4, 0.5) is 5.69 Å². The number of carbonyl (C=O) groups excluding carboxylic acids is 1. The molecule has 1 saturated carbocycles. The fourth-order valence-electron chi connectivity index (χ4n) is 2.33. The first kappa shape index (κ1) is 13.9. The summed E-state index contributed by atoms with van der Waals surface area (Å²) in [5, 5.41) is 6.27. The number of amides is 1. The van der Waals surface area contributed by atoms with Crippen molar-refractivity contribution in [1.82, 2.24) is 5.32 Å². The van der Waals surface area contributed by atoms with E-state index in [1.54, 1.807) is 0 Å². The molecule has 0 saturated heterocycles. The fraction of sp³-hybridized carbons (Fsp3) is 0.562. The zero-order chi connectivity index (χ0) is 13.7. The summed E-state index contributed by atoms with van der Waals surface area (Å²) in [6.07, 6.45) is 5.14. The van der Waals surface area contributed by atoms with Crippen LogP contribution in [0.25, 0.3) is 0 Å². The third-order valence-corrected chi connectivity index (χ3v) is 3.62. The van der Waals surface area contributed by atoms with Crippen molar-refractivity contribution in [2.24, 2.45) is 5.92 Å². The Morgan fingerprint density at radius 3 is 2.79 bits per heavy atom. The number of carbonyl (C=O) groups is 1. The van der Waals surface area contributed by atoms with Gasteiger partial charge in [-0.1, -0.05) is 12.8 Å². The van der Waals surface area contributed by atoms with E-state index >= 15 is 0 Å². The Kier molecular flexibility index (Phi) is 4.83. The number of hydrogen-bond donors (Lipinski definition) is 2. The minimum absolute atomic E-state index is 0.0522. The minimum atomic E-state index is 0.0522. The van der Waals surface area contributed by atoms with E-state index in [9.17, 15) is 4.79 Å². The van der Waals surface area contributed by atoms with Crippen molar-refractivity contribution in [3.63, 3.8) is 0 Å². The van der Waals surface area contributed by atoms with Crippen LogP contribution in [0, 0.1) is 12.8 Å². The largest absolute Gasteiger partial charge is 0.385 e. The normalized spacial score (nSPS) is 14.2. The van der Waals surface area contributed by atoms with Gasteiger partial charge in [-0.05, 0) is 56.4 Å². The predicted molar refractivity (Wildman–Crippen MR) is 79.6 cm³/mol.